The molecule has 0 radical (unpaired) electrons. The maximum atomic E-state index is 6.61. The van der Waals surface area contributed by atoms with Crippen molar-refractivity contribution in [2.75, 3.05) is 4.90 Å². The van der Waals surface area contributed by atoms with E-state index in [2.05, 4.69) is 109 Å². The van der Waals surface area contributed by atoms with Crippen molar-refractivity contribution in [3.05, 3.63) is 119 Å². The van der Waals surface area contributed by atoms with Crippen LogP contribution in [0, 0.1) is 6.92 Å². The maximum Gasteiger partial charge on any atom is 0.159 e. The van der Waals surface area contributed by atoms with Gasteiger partial charge in [0.25, 0.3) is 0 Å². The second-order valence-corrected chi connectivity index (χ2v) is 9.61. The predicted molar refractivity (Wildman–Crippen MR) is 147 cm³/mol. The molecule has 0 aliphatic heterocycles. The lowest BCUT2D eigenvalue weighted by Gasteiger charge is -2.32. The predicted octanol–water partition coefficient (Wildman–Crippen LogP) is 8.98. The Kier molecular flexibility index (Phi) is 4.66. The number of allylic oxidation sites excluding steroid dienone is 2. The standard InChI is InChI=1S/C33H27NO/c1-22-10-7-16-28-29-17-9-19-31(33(29)35-32(22)28)34(24-12-3-2-4-13-24)30-18-8-15-26-25-14-6-5-11-23(25)20-21-27(26)30/h2-5,7,9-13,16-21H,6,8,14-15H2,1H3. The van der Waals surface area contributed by atoms with Crippen molar-refractivity contribution >= 4 is 45.1 Å². The molecule has 1 aromatic heterocycles. The van der Waals surface area contributed by atoms with Crippen LogP contribution in [0.25, 0.3) is 33.7 Å². The molecule has 1 heterocycles. The van der Waals surface area contributed by atoms with E-state index in [4.69, 9.17) is 4.42 Å². The molecule has 170 valence electrons. The van der Waals surface area contributed by atoms with Gasteiger partial charge in [-0.05, 0) is 73.1 Å². The molecule has 0 spiro atoms. The molecule has 0 amide bonds. The average molecular weight is 454 g/mol. The zero-order valence-corrected chi connectivity index (χ0v) is 19.9. The van der Waals surface area contributed by atoms with Gasteiger partial charge in [0.2, 0.25) is 0 Å². The van der Waals surface area contributed by atoms with Crippen molar-refractivity contribution in [1.82, 2.24) is 0 Å². The van der Waals surface area contributed by atoms with Gasteiger partial charge in [-0.1, -0.05) is 78.9 Å². The third kappa shape index (κ3) is 3.17. The molecule has 2 aliphatic carbocycles. The van der Waals surface area contributed by atoms with Crippen LogP contribution < -0.4 is 4.90 Å². The van der Waals surface area contributed by atoms with Crippen LogP contribution in [0.3, 0.4) is 0 Å². The largest absolute Gasteiger partial charge is 0.454 e. The Morgan fingerprint density at radius 3 is 2.40 bits per heavy atom. The summed E-state index contributed by atoms with van der Waals surface area (Å²) in [5.41, 5.74) is 12.3. The summed E-state index contributed by atoms with van der Waals surface area (Å²) >= 11 is 0. The summed E-state index contributed by atoms with van der Waals surface area (Å²) in [4.78, 5) is 2.41. The van der Waals surface area contributed by atoms with Crippen molar-refractivity contribution in [3.63, 3.8) is 0 Å². The number of rotatable bonds is 3. The number of para-hydroxylation sites is 3. The fraction of sp³-hybridized carbons (Fsp3) is 0.152. The minimum atomic E-state index is 0.939. The lowest BCUT2D eigenvalue weighted by Crippen LogP contribution is -2.20. The van der Waals surface area contributed by atoms with E-state index in [-0.39, 0.29) is 0 Å². The van der Waals surface area contributed by atoms with Gasteiger partial charge in [-0.2, -0.15) is 0 Å². The summed E-state index contributed by atoms with van der Waals surface area (Å²) in [6.45, 7) is 2.12. The van der Waals surface area contributed by atoms with Crippen molar-refractivity contribution < 1.29 is 4.42 Å². The molecule has 0 atom stereocenters. The van der Waals surface area contributed by atoms with Gasteiger partial charge in [-0.15, -0.1) is 0 Å². The highest BCUT2D eigenvalue weighted by atomic mass is 16.3. The van der Waals surface area contributed by atoms with Crippen LogP contribution in [0.15, 0.2) is 95.4 Å². The lowest BCUT2D eigenvalue weighted by molar-refractivity contribution is 0.666. The SMILES string of the molecule is Cc1cccc2c1oc1c(N(C3=CCCc4c3ccc3c4CCC=C3)c3ccccc3)cccc12. The molecule has 5 aromatic rings. The third-order valence-electron chi connectivity index (χ3n) is 7.53. The van der Waals surface area contributed by atoms with Crippen molar-refractivity contribution in [2.24, 2.45) is 0 Å². The van der Waals surface area contributed by atoms with E-state index < -0.39 is 0 Å². The molecular formula is C33H27NO. The number of nitrogens with zero attached hydrogens (tertiary/aromatic N) is 1. The van der Waals surface area contributed by atoms with Gasteiger partial charge in [0, 0.05) is 27.7 Å². The number of fused-ring (bicyclic) bond motifs is 6. The van der Waals surface area contributed by atoms with Gasteiger partial charge in [0.1, 0.15) is 5.58 Å². The monoisotopic (exact) mass is 453 g/mol. The molecule has 0 saturated heterocycles. The maximum absolute atomic E-state index is 6.61. The molecule has 0 fully saturated rings. The fourth-order valence-electron chi connectivity index (χ4n) is 5.91. The normalized spacial score (nSPS) is 14.6. The molecule has 0 N–H and O–H groups in total. The van der Waals surface area contributed by atoms with Crippen LogP contribution in [0.1, 0.15) is 40.7 Å². The van der Waals surface area contributed by atoms with Crippen LogP contribution in [0.4, 0.5) is 11.4 Å². The third-order valence-corrected chi connectivity index (χ3v) is 7.53. The van der Waals surface area contributed by atoms with Crippen molar-refractivity contribution in [1.29, 1.82) is 0 Å². The molecule has 7 rings (SSSR count). The highest BCUT2D eigenvalue weighted by molar-refractivity contribution is 6.11. The van der Waals surface area contributed by atoms with Crippen LogP contribution >= 0.6 is 0 Å². The molecule has 2 heteroatoms. The Bertz CT molecular complexity index is 1650. The molecule has 4 aromatic carbocycles. The highest BCUT2D eigenvalue weighted by Crippen LogP contribution is 2.45. The first-order valence-corrected chi connectivity index (χ1v) is 12.6. The van der Waals surface area contributed by atoms with Gasteiger partial charge >= 0.3 is 0 Å². The second-order valence-electron chi connectivity index (χ2n) is 9.61. The van der Waals surface area contributed by atoms with Crippen molar-refractivity contribution in [2.45, 2.75) is 32.6 Å². The fourth-order valence-corrected chi connectivity index (χ4v) is 5.91. The topological polar surface area (TPSA) is 16.4 Å². The van der Waals surface area contributed by atoms with Gasteiger partial charge in [-0.25, -0.2) is 0 Å². The summed E-state index contributed by atoms with van der Waals surface area (Å²) in [7, 11) is 0. The lowest BCUT2D eigenvalue weighted by atomic mass is 9.83. The summed E-state index contributed by atoms with van der Waals surface area (Å²) in [6, 6.07) is 28.3. The van der Waals surface area contributed by atoms with Crippen LogP contribution in [-0.2, 0) is 12.8 Å². The number of hydrogen-bond donors (Lipinski definition) is 0. The minimum Gasteiger partial charge on any atom is -0.454 e. The zero-order valence-electron chi connectivity index (χ0n) is 19.9. The summed E-state index contributed by atoms with van der Waals surface area (Å²) < 4.78 is 6.61. The van der Waals surface area contributed by atoms with Gasteiger partial charge in [-0.3, -0.25) is 0 Å². The Morgan fingerprint density at radius 2 is 1.51 bits per heavy atom. The molecule has 2 nitrogen and oxygen atoms in total. The molecule has 0 bridgehead atoms. The Hall–Kier alpha value is -4.04. The molecule has 0 unspecified atom stereocenters. The van der Waals surface area contributed by atoms with Crippen molar-refractivity contribution in [3.8, 4) is 0 Å². The van der Waals surface area contributed by atoms with E-state index in [1.54, 1.807) is 0 Å². The first-order valence-electron chi connectivity index (χ1n) is 12.6. The number of hydrogen-bond acceptors (Lipinski definition) is 2. The first-order chi connectivity index (χ1) is 17.3. The Labute approximate surface area is 205 Å². The Morgan fingerprint density at radius 1 is 0.714 bits per heavy atom. The first kappa shape index (κ1) is 20.3. The van der Waals surface area contributed by atoms with E-state index in [0.29, 0.717) is 0 Å². The molecular weight excluding hydrogens is 426 g/mol. The summed E-state index contributed by atoms with van der Waals surface area (Å²) in [6.07, 6.45) is 11.4. The number of aryl methyl sites for hydroxylation is 1. The minimum absolute atomic E-state index is 0.939. The number of benzene rings is 4. The quantitative estimate of drug-likeness (QED) is 0.271. The summed E-state index contributed by atoms with van der Waals surface area (Å²) in [5, 5.41) is 2.34. The van der Waals surface area contributed by atoms with E-state index in [1.165, 1.54) is 33.3 Å². The molecule has 35 heavy (non-hydrogen) atoms. The number of anilines is 2. The van der Waals surface area contributed by atoms with Crippen LogP contribution in [0.2, 0.25) is 0 Å². The van der Waals surface area contributed by atoms with E-state index in [1.807, 2.05) is 0 Å². The van der Waals surface area contributed by atoms with Crippen LogP contribution in [-0.4, -0.2) is 0 Å². The van der Waals surface area contributed by atoms with Gasteiger partial charge < -0.3 is 9.32 Å². The average Bonchev–Trinajstić information content (AvgIpc) is 3.30. The van der Waals surface area contributed by atoms with E-state index in [9.17, 15) is 0 Å². The zero-order chi connectivity index (χ0) is 23.4. The van der Waals surface area contributed by atoms with E-state index >= 15 is 0 Å². The van der Waals surface area contributed by atoms with E-state index in [0.717, 1.165) is 59.2 Å². The number of furan rings is 1. The second kappa shape index (κ2) is 8.02. The van der Waals surface area contributed by atoms with Gasteiger partial charge in [0.15, 0.2) is 5.58 Å². The Balaban J connectivity index is 1.49. The highest BCUT2D eigenvalue weighted by Gasteiger charge is 2.26. The summed E-state index contributed by atoms with van der Waals surface area (Å²) in [5.74, 6) is 0. The van der Waals surface area contributed by atoms with Crippen LogP contribution in [0.5, 0.6) is 0 Å². The molecule has 2 aliphatic rings. The molecule has 0 saturated carbocycles. The smallest absolute Gasteiger partial charge is 0.159 e. The van der Waals surface area contributed by atoms with Gasteiger partial charge in [0.05, 0.1) is 5.69 Å².